The van der Waals surface area contributed by atoms with Gasteiger partial charge in [0.1, 0.15) is 0 Å². The van der Waals surface area contributed by atoms with Crippen LogP contribution in [0, 0.1) is 13.8 Å². The molecule has 0 aromatic heterocycles. The number of rotatable bonds is 4. The first-order chi connectivity index (χ1) is 14.0. The lowest BCUT2D eigenvalue weighted by atomic mass is 9.81. The van der Waals surface area contributed by atoms with Crippen LogP contribution in [-0.2, 0) is 11.2 Å². The van der Waals surface area contributed by atoms with Crippen LogP contribution < -0.4 is 4.90 Å². The number of carbonyl (C=O) groups is 1. The highest BCUT2D eigenvalue weighted by atomic mass is 16.2. The Bertz CT molecular complexity index is 1060. The van der Waals surface area contributed by atoms with E-state index in [1.165, 1.54) is 27.8 Å². The van der Waals surface area contributed by atoms with Crippen molar-refractivity contribution in [2.45, 2.75) is 33.1 Å². The van der Waals surface area contributed by atoms with Crippen LogP contribution in [-0.4, -0.2) is 12.5 Å². The Hall–Kier alpha value is -3.13. The Morgan fingerprint density at radius 3 is 2.41 bits per heavy atom. The van der Waals surface area contributed by atoms with E-state index in [0.717, 1.165) is 17.7 Å². The van der Waals surface area contributed by atoms with Crippen molar-refractivity contribution in [2.75, 3.05) is 11.4 Å². The van der Waals surface area contributed by atoms with Crippen molar-refractivity contribution in [3.8, 4) is 0 Å². The summed E-state index contributed by atoms with van der Waals surface area (Å²) in [6.07, 6.45) is 3.35. The average molecular weight is 382 g/mol. The molecular formula is C27H27NO. The molecule has 0 bridgehead atoms. The molecule has 0 saturated heterocycles. The number of aryl methyl sites for hydroxylation is 1. The summed E-state index contributed by atoms with van der Waals surface area (Å²) in [5.74, 6) is 0.396. The normalized spacial score (nSPS) is 15.4. The number of allylic oxidation sites excluding steroid dienone is 1. The third kappa shape index (κ3) is 3.88. The lowest BCUT2D eigenvalue weighted by molar-refractivity contribution is -0.116. The molecule has 1 aliphatic rings. The van der Waals surface area contributed by atoms with E-state index in [1.807, 2.05) is 17.0 Å². The monoisotopic (exact) mass is 381 g/mol. The molecular weight excluding hydrogens is 354 g/mol. The second-order valence-corrected chi connectivity index (χ2v) is 7.89. The molecule has 0 heterocycles. The standard InChI is InChI=1S/C27H27NO/c1-19-10-9-15-27(20(19)2)28(21(3)29)18-25-17-24(22-11-5-4-6-12-22)16-23-13-7-8-14-26(23)25/h4-15,17,24H,16,18H2,1-3H3. The number of nitrogens with zero attached hydrogens (tertiary/aromatic N) is 1. The van der Waals surface area contributed by atoms with Crippen molar-refractivity contribution >= 4 is 17.2 Å². The molecule has 1 amide bonds. The second kappa shape index (κ2) is 8.08. The van der Waals surface area contributed by atoms with E-state index in [9.17, 15) is 4.79 Å². The molecule has 146 valence electrons. The van der Waals surface area contributed by atoms with Gasteiger partial charge in [-0.05, 0) is 59.7 Å². The van der Waals surface area contributed by atoms with E-state index >= 15 is 0 Å². The van der Waals surface area contributed by atoms with Gasteiger partial charge in [-0.15, -0.1) is 0 Å². The molecule has 0 N–H and O–H groups in total. The molecule has 0 radical (unpaired) electrons. The lowest BCUT2D eigenvalue weighted by Crippen LogP contribution is -2.32. The summed E-state index contributed by atoms with van der Waals surface area (Å²) in [6.45, 7) is 6.43. The van der Waals surface area contributed by atoms with Gasteiger partial charge in [0, 0.05) is 18.5 Å². The maximum absolute atomic E-state index is 12.6. The van der Waals surface area contributed by atoms with Crippen LogP contribution in [0.15, 0.2) is 78.9 Å². The second-order valence-electron chi connectivity index (χ2n) is 7.89. The van der Waals surface area contributed by atoms with Crippen molar-refractivity contribution in [2.24, 2.45) is 0 Å². The number of benzene rings is 3. The molecule has 0 fully saturated rings. The number of amides is 1. The first kappa shape index (κ1) is 19.2. The van der Waals surface area contributed by atoms with E-state index in [0.29, 0.717) is 12.5 Å². The van der Waals surface area contributed by atoms with Gasteiger partial charge in [-0.2, -0.15) is 0 Å². The molecule has 2 nitrogen and oxygen atoms in total. The smallest absolute Gasteiger partial charge is 0.224 e. The van der Waals surface area contributed by atoms with Crippen LogP contribution in [0.1, 0.15) is 40.7 Å². The Labute approximate surface area is 173 Å². The van der Waals surface area contributed by atoms with Crippen LogP contribution in [0.2, 0.25) is 0 Å². The first-order valence-corrected chi connectivity index (χ1v) is 10.2. The number of anilines is 1. The number of carbonyl (C=O) groups excluding carboxylic acids is 1. The fourth-order valence-corrected chi connectivity index (χ4v) is 4.26. The fraction of sp³-hybridized carbons (Fsp3) is 0.222. The van der Waals surface area contributed by atoms with Gasteiger partial charge in [-0.3, -0.25) is 4.79 Å². The minimum Gasteiger partial charge on any atom is -0.308 e. The summed E-state index contributed by atoms with van der Waals surface area (Å²) in [5.41, 5.74) is 8.51. The molecule has 2 heteroatoms. The average Bonchev–Trinajstić information content (AvgIpc) is 2.74. The van der Waals surface area contributed by atoms with Crippen molar-refractivity contribution in [3.05, 3.63) is 107 Å². The van der Waals surface area contributed by atoms with Crippen LogP contribution >= 0.6 is 0 Å². The first-order valence-electron chi connectivity index (χ1n) is 10.2. The van der Waals surface area contributed by atoms with Gasteiger partial charge in [0.2, 0.25) is 5.91 Å². The molecule has 0 aliphatic heterocycles. The Balaban J connectivity index is 1.76. The van der Waals surface area contributed by atoms with E-state index in [4.69, 9.17) is 0 Å². The maximum atomic E-state index is 12.6. The molecule has 1 atom stereocenters. The van der Waals surface area contributed by atoms with E-state index in [-0.39, 0.29) is 5.91 Å². The van der Waals surface area contributed by atoms with E-state index in [1.54, 1.807) is 6.92 Å². The topological polar surface area (TPSA) is 20.3 Å². The van der Waals surface area contributed by atoms with Crippen molar-refractivity contribution < 1.29 is 4.79 Å². The van der Waals surface area contributed by atoms with Gasteiger partial charge in [0.15, 0.2) is 0 Å². The molecule has 4 rings (SSSR count). The zero-order valence-corrected chi connectivity index (χ0v) is 17.4. The molecule has 3 aromatic carbocycles. The summed E-state index contributed by atoms with van der Waals surface area (Å²) >= 11 is 0. The van der Waals surface area contributed by atoms with E-state index < -0.39 is 0 Å². The van der Waals surface area contributed by atoms with Crippen molar-refractivity contribution in [1.82, 2.24) is 0 Å². The van der Waals surface area contributed by atoms with Crippen molar-refractivity contribution in [3.63, 3.8) is 0 Å². The molecule has 3 aromatic rings. The minimum atomic E-state index is 0.0684. The highest BCUT2D eigenvalue weighted by molar-refractivity contribution is 5.95. The predicted molar refractivity (Wildman–Crippen MR) is 121 cm³/mol. The summed E-state index contributed by atoms with van der Waals surface area (Å²) < 4.78 is 0. The van der Waals surface area contributed by atoms with Gasteiger partial charge >= 0.3 is 0 Å². The Morgan fingerprint density at radius 2 is 1.66 bits per heavy atom. The minimum absolute atomic E-state index is 0.0684. The number of fused-ring (bicyclic) bond motifs is 1. The van der Waals surface area contributed by atoms with Gasteiger partial charge in [-0.1, -0.05) is 72.8 Å². The summed E-state index contributed by atoms with van der Waals surface area (Å²) in [7, 11) is 0. The van der Waals surface area contributed by atoms with Crippen LogP contribution in [0.4, 0.5) is 5.69 Å². The number of hydrogen-bond donors (Lipinski definition) is 0. The molecule has 0 saturated carbocycles. The Kier molecular flexibility index (Phi) is 5.35. The summed E-state index contributed by atoms with van der Waals surface area (Å²) in [4.78, 5) is 14.6. The van der Waals surface area contributed by atoms with E-state index in [2.05, 4.69) is 80.6 Å². The Morgan fingerprint density at radius 1 is 0.931 bits per heavy atom. The zero-order chi connectivity index (χ0) is 20.4. The SMILES string of the molecule is CC(=O)N(CC1=CC(c2ccccc2)Cc2ccccc21)c1cccc(C)c1C. The quantitative estimate of drug-likeness (QED) is 0.536. The van der Waals surface area contributed by atoms with Gasteiger partial charge in [0.25, 0.3) is 0 Å². The van der Waals surface area contributed by atoms with Crippen LogP contribution in [0.25, 0.3) is 5.57 Å². The van der Waals surface area contributed by atoms with Gasteiger partial charge in [0.05, 0.1) is 6.54 Å². The van der Waals surface area contributed by atoms with Crippen LogP contribution in [0.5, 0.6) is 0 Å². The largest absolute Gasteiger partial charge is 0.308 e. The molecule has 1 unspecified atom stereocenters. The molecule has 0 spiro atoms. The fourth-order valence-electron chi connectivity index (χ4n) is 4.26. The third-order valence-electron chi connectivity index (χ3n) is 6.01. The van der Waals surface area contributed by atoms with Gasteiger partial charge < -0.3 is 4.90 Å². The zero-order valence-electron chi connectivity index (χ0n) is 17.4. The highest BCUT2D eigenvalue weighted by Crippen LogP contribution is 2.36. The highest BCUT2D eigenvalue weighted by Gasteiger charge is 2.24. The predicted octanol–water partition coefficient (Wildman–Crippen LogP) is 6.08. The number of hydrogen-bond acceptors (Lipinski definition) is 1. The maximum Gasteiger partial charge on any atom is 0.224 e. The van der Waals surface area contributed by atoms with Crippen molar-refractivity contribution in [1.29, 1.82) is 0 Å². The molecule has 29 heavy (non-hydrogen) atoms. The third-order valence-corrected chi connectivity index (χ3v) is 6.01. The molecule has 1 aliphatic carbocycles. The lowest BCUT2D eigenvalue weighted by Gasteiger charge is -2.30. The summed E-state index contributed by atoms with van der Waals surface area (Å²) in [6, 6.07) is 25.4. The summed E-state index contributed by atoms with van der Waals surface area (Å²) in [5, 5.41) is 0. The van der Waals surface area contributed by atoms with Crippen LogP contribution in [0.3, 0.4) is 0 Å². The van der Waals surface area contributed by atoms with Gasteiger partial charge in [-0.25, -0.2) is 0 Å².